The number of para-hydroxylation sites is 2. The summed E-state index contributed by atoms with van der Waals surface area (Å²) in [5.41, 5.74) is 2.17. The lowest BCUT2D eigenvalue weighted by Crippen LogP contribution is -2.42. The fraction of sp³-hybridized carbons (Fsp3) is 0.190. The Morgan fingerprint density at radius 1 is 0.923 bits per heavy atom. The summed E-state index contributed by atoms with van der Waals surface area (Å²) in [6.07, 6.45) is 1.69. The molecule has 0 unspecified atom stereocenters. The third kappa shape index (κ3) is 3.57. The van der Waals surface area contributed by atoms with E-state index in [0.717, 1.165) is 11.1 Å². The van der Waals surface area contributed by atoms with E-state index in [1.165, 1.54) is 11.8 Å². The maximum atomic E-state index is 12.9. The smallest absolute Gasteiger partial charge is 0.247 e. The van der Waals surface area contributed by atoms with E-state index in [9.17, 15) is 9.59 Å². The first-order chi connectivity index (χ1) is 12.6. The largest absolute Gasteiger partial charge is 0.311 e. The average Bonchev–Trinajstić information content (AvgIpc) is 2.67. The fourth-order valence-electron chi connectivity index (χ4n) is 3.00. The van der Waals surface area contributed by atoms with Crippen LogP contribution in [-0.2, 0) is 9.59 Å². The van der Waals surface area contributed by atoms with E-state index < -0.39 is 0 Å². The Kier molecular flexibility index (Phi) is 5.27. The molecule has 132 valence electrons. The summed E-state index contributed by atoms with van der Waals surface area (Å²) in [4.78, 5) is 32.8. The van der Waals surface area contributed by atoms with Gasteiger partial charge in [0.15, 0.2) is 0 Å². The number of hydrogen-bond donors (Lipinski definition) is 0. The predicted octanol–water partition coefficient (Wildman–Crippen LogP) is 3.64. The summed E-state index contributed by atoms with van der Waals surface area (Å²) in [5, 5.41) is 0.930. The maximum Gasteiger partial charge on any atom is 0.247 e. The molecule has 0 aliphatic heterocycles. The molecule has 0 aliphatic rings. The van der Waals surface area contributed by atoms with Crippen LogP contribution in [0.15, 0.2) is 66.9 Å². The SMILES string of the molecule is CCN(C(=O)CN(C(C)=O)c1cccc2cccnc12)c1ccccc1. The predicted molar refractivity (Wildman–Crippen MR) is 104 cm³/mol. The molecule has 1 heterocycles. The maximum absolute atomic E-state index is 12.9. The minimum atomic E-state index is -0.194. The Balaban J connectivity index is 1.93. The van der Waals surface area contributed by atoms with Gasteiger partial charge < -0.3 is 9.80 Å². The van der Waals surface area contributed by atoms with Gasteiger partial charge in [0.2, 0.25) is 11.8 Å². The van der Waals surface area contributed by atoms with Crippen molar-refractivity contribution in [2.75, 3.05) is 22.9 Å². The van der Waals surface area contributed by atoms with Crippen LogP contribution in [0.25, 0.3) is 10.9 Å². The molecule has 0 N–H and O–H groups in total. The summed E-state index contributed by atoms with van der Waals surface area (Å²) < 4.78 is 0. The summed E-state index contributed by atoms with van der Waals surface area (Å²) in [6, 6.07) is 18.9. The molecule has 1 aromatic heterocycles. The lowest BCUT2D eigenvalue weighted by molar-refractivity contribution is -0.121. The van der Waals surface area contributed by atoms with Gasteiger partial charge in [-0.1, -0.05) is 36.4 Å². The number of nitrogens with zero attached hydrogens (tertiary/aromatic N) is 3. The topological polar surface area (TPSA) is 53.5 Å². The highest BCUT2D eigenvalue weighted by Crippen LogP contribution is 2.25. The second-order valence-corrected chi connectivity index (χ2v) is 5.93. The van der Waals surface area contributed by atoms with Crippen LogP contribution < -0.4 is 9.80 Å². The molecule has 26 heavy (non-hydrogen) atoms. The minimum absolute atomic E-state index is 0.0340. The highest BCUT2D eigenvalue weighted by Gasteiger charge is 2.22. The zero-order valence-electron chi connectivity index (χ0n) is 14.9. The average molecular weight is 347 g/mol. The molecule has 0 saturated carbocycles. The third-order valence-corrected chi connectivity index (χ3v) is 4.26. The van der Waals surface area contributed by atoms with Gasteiger partial charge in [0.1, 0.15) is 6.54 Å². The number of amides is 2. The summed E-state index contributed by atoms with van der Waals surface area (Å²) in [7, 11) is 0. The first-order valence-corrected chi connectivity index (χ1v) is 8.59. The van der Waals surface area contributed by atoms with Crippen molar-refractivity contribution in [3.63, 3.8) is 0 Å². The van der Waals surface area contributed by atoms with Crippen molar-refractivity contribution in [2.24, 2.45) is 0 Å². The molecule has 0 saturated heterocycles. The van der Waals surface area contributed by atoms with Crippen molar-refractivity contribution in [2.45, 2.75) is 13.8 Å². The van der Waals surface area contributed by atoms with Gasteiger partial charge >= 0.3 is 0 Å². The molecule has 2 amide bonds. The van der Waals surface area contributed by atoms with Crippen LogP contribution in [0.4, 0.5) is 11.4 Å². The van der Waals surface area contributed by atoms with Crippen LogP contribution in [-0.4, -0.2) is 29.9 Å². The second-order valence-electron chi connectivity index (χ2n) is 5.93. The highest BCUT2D eigenvalue weighted by molar-refractivity contribution is 6.07. The van der Waals surface area contributed by atoms with Crippen LogP contribution in [0.2, 0.25) is 0 Å². The Hall–Kier alpha value is -3.21. The highest BCUT2D eigenvalue weighted by atomic mass is 16.2. The van der Waals surface area contributed by atoms with E-state index in [1.807, 2.05) is 67.6 Å². The number of carbonyl (C=O) groups is 2. The zero-order chi connectivity index (χ0) is 18.5. The van der Waals surface area contributed by atoms with E-state index in [0.29, 0.717) is 17.7 Å². The number of hydrogen-bond acceptors (Lipinski definition) is 3. The number of benzene rings is 2. The Morgan fingerprint density at radius 2 is 1.65 bits per heavy atom. The van der Waals surface area contributed by atoms with E-state index in [-0.39, 0.29) is 18.4 Å². The van der Waals surface area contributed by atoms with Gasteiger partial charge in [-0.3, -0.25) is 14.6 Å². The van der Waals surface area contributed by atoms with Crippen molar-refractivity contribution in [3.8, 4) is 0 Å². The van der Waals surface area contributed by atoms with Gasteiger partial charge in [-0.05, 0) is 31.2 Å². The van der Waals surface area contributed by atoms with Crippen LogP contribution in [0, 0.1) is 0 Å². The zero-order valence-corrected chi connectivity index (χ0v) is 14.9. The van der Waals surface area contributed by atoms with Crippen LogP contribution in [0.5, 0.6) is 0 Å². The number of anilines is 2. The summed E-state index contributed by atoms with van der Waals surface area (Å²) >= 11 is 0. The van der Waals surface area contributed by atoms with Crippen LogP contribution in [0.3, 0.4) is 0 Å². The van der Waals surface area contributed by atoms with Crippen molar-refractivity contribution < 1.29 is 9.59 Å². The number of likely N-dealkylation sites (N-methyl/N-ethyl adjacent to an activating group) is 1. The number of fused-ring (bicyclic) bond motifs is 1. The van der Waals surface area contributed by atoms with E-state index in [4.69, 9.17) is 0 Å². The standard InChI is InChI=1S/C21H21N3O2/c1-3-23(18-11-5-4-6-12-18)20(26)15-24(16(2)25)19-13-7-9-17-10-8-14-22-21(17)19/h4-14H,3,15H2,1-2H3. The van der Waals surface area contributed by atoms with Crippen LogP contribution in [0.1, 0.15) is 13.8 Å². The molecule has 5 nitrogen and oxygen atoms in total. The molecule has 0 aliphatic carbocycles. The molecular weight excluding hydrogens is 326 g/mol. The normalized spacial score (nSPS) is 10.5. The van der Waals surface area contributed by atoms with Crippen molar-refractivity contribution >= 4 is 34.1 Å². The molecule has 5 heteroatoms. The molecule has 0 fully saturated rings. The lowest BCUT2D eigenvalue weighted by atomic mass is 10.1. The van der Waals surface area contributed by atoms with E-state index in [1.54, 1.807) is 11.1 Å². The molecular formula is C21H21N3O2. The summed E-state index contributed by atoms with van der Waals surface area (Å²) in [6.45, 7) is 3.88. The Bertz CT molecular complexity index is 919. The Labute approximate surface area is 152 Å². The van der Waals surface area contributed by atoms with Gasteiger partial charge in [-0.25, -0.2) is 0 Å². The molecule has 3 aromatic rings. The van der Waals surface area contributed by atoms with Crippen molar-refractivity contribution in [3.05, 3.63) is 66.9 Å². The van der Waals surface area contributed by atoms with Gasteiger partial charge in [0.25, 0.3) is 0 Å². The van der Waals surface area contributed by atoms with Gasteiger partial charge in [0, 0.05) is 30.7 Å². The first-order valence-electron chi connectivity index (χ1n) is 8.59. The quantitative estimate of drug-likeness (QED) is 0.708. The van der Waals surface area contributed by atoms with Gasteiger partial charge in [-0.2, -0.15) is 0 Å². The van der Waals surface area contributed by atoms with Gasteiger partial charge in [0.05, 0.1) is 11.2 Å². The van der Waals surface area contributed by atoms with Gasteiger partial charge in [-0.15, -0.1) is 0 Å². The fourth-order valence-corrected chi connectivity index (χ4v) is 3.00. The molecule has 0 atom stereocenters. The second kappa shape index (κ2) is 7.78. The van der Waals surface area contributed by atoms with Crippen molar-refractivity contribution in [1.82, 2.24) is 4.98 Å². The third-order valence-electron chi connectivity index (χ3n) is 4.26. The summed E-state index contributed by atoms with van der Waals surface area (Å²) in [5.74, 6) is -0.331. The Morgan fingerprint density at radius 3 is 2.35 bits per heavy atom. The van der Waals surface area contributed by atoms with E-state index >= 15 is 0 Å². The molecule has 0 bridgehead atoms. The minimum Gasteiger partial charge on any atom is -0.311 e. The number of pyridine rings is 1. The molecule has 0 radical (unpaired) electrons. The molecule has 0 spiro atoms. The monoisotopic (exact) mass is 347 g/mol. The van der Waals surface area contributed by atoms with Crippen LogP contribution >= 0.6 is 0 Å². The first kappa shape index (κ1) is 17.6. The number of carbonyl (C=O) groups excluding carboxylic acids is 2. The number of rotatable bonds is 5. The van der Waals surface area contributed by atoms with Crippen molar-refractivity contribution in [1.29, 1.82) is 0 Å². The molecule has 2 aromatic carbocycles. The number of aromatic nitrogens is 1. The molecule has 3 rings (SSSR count). The van der Waals surface area contributed by atoms with E-state index in [2.05, 4.69) is 4.98 Å². The lowest BCUT2D eigenvalue weighted by Gasteiger charge is -2.26.